The Morgan fingerprint density at radius 3 is 2.79 bits per heavy atom. The number of rotatable bonds is 6. The predicted octanol–water partition coefficient (Wildman–Crippen LogP) is 1.28. The molecular weight excluding hydrogens is 270 g/mol. The molecule has 19 heavy (non-hydrogen) atoms. The Morgan fingerprint density at radius 1 is 1.68 bits per heavy atom. The number of nitrogens with zero attached hydrogens (tertiary/aromatic N) is 2. The van der Waals surface area contributed by atoms with Crippen molar-refractivity contribution in [1.29, 1.82) is 0 Å². The van der Waals surface area contributed by atoms with E-state index >= 15 is 0 Å². The number of carbonyl (C=O) groups is 1. The Bertz CT molecular complexity index is 473. The lowest BCUT2D eigenvalue weighted by Crippen LogP contribution is -2.34. The van der Waals surface area contributed by atoms with E-state index in [1.165, 1.54) is 11.0 Å². The number of hydrogen-bond acceptors (Lipinski definition) is 6. The molecule has 0 spiro atoms. The molecule has 0 bridgehead atoms. The normalized spacial score (nSPS) is 12.0. The van der Waals surface area contributed by atoms with E-state index in [2.05, 4.69) is 5.32 Å². The predicted molar refractivity (Wildman–Crippen MR) is 73.6 cm³/mol. The van der Waals surface area contributed by atoms with Gasteiger partial charge in [0.2, 0.25) is 5.91 Å². The maximum atomic E-state index is 11.5. The van der Waals surface area contributed by atoms with Crippen LogP contribution in [-0.4, -0.2) is 36.1 Å². The van der Waals surface area contributed by atoms with Crippen LogP contribution in [0.4, 0.5) is 10.7 Å². The Kier molecular flexibility index (Phi) is 5.25. The molecule has 0 aliphatic carbocycles. The van der Waals surface area contributed by atoms with Crippen LogP contribution in [0.3, 0.4) is 0 Å². The number of carbonyl (C=O) groups excluding carboxylic acids is 1. The second-order valence-electron chi connectivity index (χ2n) is 4.08. The van der Waals surface area contributed by atoms with E-state index in [1.54, 1.807) is 20.9 Å². The van der Waals surface area contributed by atoms with Crippen molar-refractivity contribution in [3.05, 3.63) is 21.1 Å². The van der Waals surface area contributed by atoms with Crippen LogP contribution in [0, 0.1) is 10.1 Å². The highest BCUT2D eigenvalue weighted by Crippen LogP contribution is 2.39. The monoisotopic (exact) mass is 287 g/mol. The zero-order valence-electron chi connectivity index (χ0n) is 11.0. The first-order valence-corrected chi connectivity index (χ1v) is 6.62. The van der Waals surface area contributed by atoms with Crippen LogP contribution < -0.4 is 10.2 Å². The molecule has 0 aliphatic rings. The zero-order valence-corrected chi connectivity index (χ0v) is 11.9. The van der Waals surface area contributed by atoms with Crippen LogP contribution in [-0.2, 0) is 4.79 Å². The molecule has 1 amide bonds. The molecule has 8 heteroatoms. The third-order valence-electron chi connectivity index (χ3n) is 2.42. The summed E-state index contributed by atoms with van der Waals surface area (Å²) in [5, 5.41) is 23.5. The highest BCUT2D eigenvalue weighted by molar-refractivity contribution is 7.16. The molecule has 7 nitrogen and oxygen atoms in total. The Labute approximate surface area is 115 Å². The standard InChI is InChI=1S/C11H17N3O4S/c1-4-12-10(16)6-13(3)11-8(14(17)18)5-9(19-11)7(2)15/h5,7,15H,4,6H2,1-3H3,(H,12,16)/t7-/m1/s1. The van der Waals surface area contributed by atoms with Gasteiger partial charge in [0, 0.05) is 24.5 Å². The molecule has 0 radical (unpaired) electrons. The van der Waals surface area contributed by atoms with Gasteiger partial charge in [-0.3, -0.25) is 14.9 Å². The minimum Gasteiger partial charge on any atom is -0.388 e. The Hall–Kier alpha value is -1.67. The van der Waals surface area contributed by atoms with Crippen LogP contribution in [0.1, 0.15) is 24.8 Å². The smallest absolute Gasteiger partial charge is 0.304 e. The SMILES string of the molecule is CCNC(=O)CN(C)c1sc([C@@H](C)O)cc1[N+](=O)[O-]. The quantitative estimate of drug-likeness (QED) is 0.607. The molecule has 0 aliphatic heterocycles. The van der Waals surface area contributed by atoms with Gasteiger partial charge in [0.05, 0.1) is 17.6 Å². The number of anilines is 1. The number of hydrogen-bond donors (Lipinski definition) is 2. The third kappa shape index (κ3) is 3.90. The number of thiophene rings is 1. The van der Waals surface area contributed by atoms with Gasteiger partial charge < -0.3 is 15.3 Å². The number of amides is 1. The highest BCUT2D eigenvalue weighted by atomic mass is 32.1. The number of aliphatic hydroxyl groups is 1. The molecule has 0 fully saturated rings. The molecule has 1 heterocycles. The molecule has 1 aromatic heterocycles. The van der Waals surface area contributed by atoms with Crippen molar-refractivity contribution in [2.75, 3.05) is 25.0 Å². The fourth-order valence-corrected chi connectivity index (χ4v) is 2.56. The molecule has 0 saturated heterocycles. The van der Waals surface area contributed by atoms with Crippen molar-refractivity contribution in [1.82, 2.24) is 5.32 Å². The Morgan fingerprint density at radius 2 is 2.32 bits per heavy atom. The van der Waals surface area contributed by atoms with Crippen LogP contribution in [0.5, 0.6) is 0 Å². The van der Waals surface area contributed by atoms with Gasteiger partial charge in [-0.1, -0.05) is 0 Å². The lowest BCUT2D eigenvalue weighted by atomic mass is 10.3. The van der Waals surface area contributed by atoms with Crippen molar-refractivity contribution in [2.24, 2.45) is 0 Å². The van der Waals surface area contributed by atoms with Crippen molar-refractivity contribution < 1.29 is 14.8 Å². The van der Waals surface area contributed by atoms with E-state index in [4.69, 9.17) is 0 Å². The maximum Gasteiger partial charge on any atom is 0.304 e. The third-order valence-corrected chi connectivity index (χ3v) is 3.83. The van der Waals surface area contributed by atoms with Crippen molar-refractivity contribution in [3.8, 4) is 0 Å². The second kappa shape index (κ2) is 6.48. The zero-order chi connectivity index (χ0) is 14.6. The topological polar surface area (TPSA) is 95.7 Å². The molecule has 0 aromatic carbocycles. The summed E-state index contributed by atoms with van der Waals surface area (Å²) in [6.07, 6.45) is -0.768. The number of nitro groups is 1. The van der Waals surface area contributed by atoms with Gasteiger partial charge in [0.1, 0.15) is 0 Å². The molecular formula is C11H17N3O4S. The number of nitrogens with one attached hydrogen (secondary N) is 1. The highest BCUT2D eigenvalue weighted by Gasteiger charge is 2.24. The summed E-state index contributed by atoms with van der Waals surface area (Å²) >= 11 is 1.12. The number of aliphatic hydroxyl groups excluding tert-OH is 1. The summed E-state index contributed by atoms with van der Waals surface area (Å²) in [5.41, 5.74) is -0.0901. The van der Waals surface area contributed by atoms with E-state index < -0.39 is 11.0 Å². The first-order valence-electron chi connectivity index (χ1n) is 5.80. The van der Waals surface area contributed by atoms with E-state index in [-0.39, 0.29) is 18.1 Å². The number of likely N-dealkylation sites (N-methyl/N-ethyl adjacent to an activating group) is 2. The van der Waals surface area contributed by atoms with E-state index in [0.29, 0.717) is 16.4 Å². The second-order valence-corrected chi connectivity index (χ2v) is 5.14. The van der Waals surface area contributed by atoms with Crippen LogP contribution in [0.2, 0.25) is 0 Å². The maximum absolute atomic E-state index is 11.5. The summed E-state index contributed by atoms with van der Waals surface area (Å²) in [7, 11) is 1.61. The average Bonchev–Trinajstić information content (AvgIpc) is 2.73. The van der Waals surface area contributed by atoms with Crippen molar-refractivity contribution in [2.45, 2.75) is 20.0 Å². The van der Waals surface area contributed by atoms with Gasteiger partial charge in [-0.15, -0.1) is 11.3 Å². The van der Waals surface area contributed by atoms with Gasteiger partial charge in [0.25, 0.3) is 0 Å². The summed E-state index contributed by atoms with van der Waals surface area (Å²) in [5.74, 6) is -0.203. The molecule has 2 N–H and O–H groups in total. The van der Waals surface area contributed by atoms with Gasteiger partial charge in [-0.2, -0.15) is 0 Å². The molecule has 1 aromatic rings. The summed E-state index contributed by atoms with van der Waals surface area (Å²) in [6.45, 7) is 3.90. The fourth-order valence-electron chi connectivity index (χ4n) is 1.54. The van der Waals surface area contributed by atoms with Gasteiger partial charge in [-0.05, 0) is 13.8 Å². The summed E-state index contributed by atoms with van der Waals surface area (Å²) in [6, 6.07) is 1.35. The van der Waals surface area contributed by atoms with Crippen LogP contribution >= 0.6 is 11.3 Å². The van der Waals surface area contributed by atoms with E-state index in [0.717, 1.165) is 11.3 Å². The van der Waals surface area contributed by atoms with Gasteiger partial charge in [-0.25, -0.2) is 0 Å². The molecule has 0 saturated carbocycles. The molecule has 1 rings (SSSR count). The molecule has 1 atom stereocenters. The average molecular weight is 287 g/mol. The fraction of sp³-hybridized carbons (Fsp3) is 0.545. The van der Waals surface area contributed by atoms with Crippen molar-refractivity contribution in [3.63, 3.8) is 0 Å². The minimum atomic E-state index is -0.768. The van der Waals surface area contributed by atoms with Crippen LogP contribution in [0.25, 0.3) is 0 Å². The van der Waals surface area contributed by atoms with Gasteiger partial charge >= 0.3 is 5.69 Å². The Balaban J connectivity index is 2.97. The first-order chi connectivity index (χ1) is 8.86. The van der Waals surface area contributed by atoms with E-state index in [1.807, 2.05) is 0 Å². The lowest BCUT2D eigenvalue weighted by molar-refractivity contribution is -0.383. The molecule has 106 valence electrons. The van der Waals surface area contributed by atoms with Crippen LogP contribution in [0.15, 0.2) is 6.07 Å². The minimum absolute atomic E-state index is 0.0362. The van der Waals surface area contributed by atoms with E-state index in [9.17, 15) is 20.0 Å². The summed E-state index contributed by atoms with van der Waals surface area (Å²) < 4.78 is 0. The van der Waals surface area contributed by atoms with Gasteiger partial charge in [0.15, 0.2) is 5.00 Å². The van der Waals surface area contributed by atoms with Crippen molar-refractivity contribution >= 4 is 27.9 Å². The largest absolute Gasteiger partial charge is 0.388 e. The lowest BCUT2D eigenvalue weighted by Gasteiger charge is -2.15. The first kappa shape index (κ1) is 15.4. The summed E-state index contributed by atoms with van der Waals surface area (Å²) in [4.78, 5) is 24.0. The molecule has 0 unspecified atom stereocenters.